The van der Waals surface area contributed by atoms with Gasteiger partial charge in [0.05, 0.1) is 6.61 Å². The lowest BCUT2D eigenvalue weighted by Crippen LogP contribution is -2.47. The molecule has 0 saturated carbocycles. The van der Waals surface area contributed by atoms with E-state index in [2.05, 4.69) is 10.6 Å². The molecule has 1 saturated heterocycles. The molecule has 0 aliphatic carbocycles. The minimum Gasteiger partial charge on any atom is -0.395 e. The molecule has 21 heavy (non-hydrogen) atoms. The first-order valence-electron chi connectivity index (χ1n) is 7.13. The van der Waals surface area contributed by atoms with Crippen LogP contribution in [-0.2, 0) is 10.2 Å². The molecule has 0 aromatic heterocycles. The van der Waals surface area contributed by atoms with Crippen molar-refractivity contribution in [3.8, 4) is 0 Å². The first-order valence-corrected chi connectivity index (χ1v) is 7.13. The molecule has 0 unspecified atom stereocenters. The quantitative estimate of drug-likeness (QED) is 0.764. The number of rotatable bonds is 5. The van der Waals surface area contributed by atoms with Gasteiger partial charge in [-0.1, -0.05) is 12.1 Å². The van der Waals surface area contributed by atoms with Gasteiger partial charge in [-0.2, -0.15) is 0 Å². The maximum absolute atomic E-state index is 13.5. The van der Waals surface area contributed by atoms with Crippen molar-refractivity contribution in [2.24, 2.45) is 0 Å². The van der Waals surface area contributed by atoms with Gasteiger partial charge in [0, 0.05) is 31.7 Å². The number of amides is 2. The van der Waals surface area contributed by atoms with Crippen molar-refractivity contribution in [2.45, 2.75) is 18.3 Å². The molecule has 1 aliphatic heterocycles. The van der Waals surface area contributed by atoms with Gasteiger partial charge in [0.2, 0.25) is 0 Å². The highest BCUT2D eigenvalue weighted by Crippen LogP contribution is 2.34. The van der Waals surface area contributed by atoms with Crippen LogP contribution in [0.4, 0.5) is 9.18 Å². The molecule has 0 radical (unpaired) electrons. The molecular formula is C15H21FN2O3. The molecule has 0 bridgehead atoms. The first kappa shape index (κ1) is 15.7. The van der Waals surface area contributed by atoms with Crippen LogP contribution < -0.4 is 10.6 Å². The minimum atomic E-state index is -0.327. The lowest BCUT2D eigenvalue weighted by Gasteiger charge is -2.38. The van der Waals surface area contributed by atoms with Crippen molar-refractivity contribution < 1.29 is 19.0 Å². The van der Waals surface area contributed by atoms with E-state index in [-0.39, 0.29) is 30.4 Å². The Labute approximate surface area is 123 Å². The molecule has 1 fully saturated rings. The average Bonchev–Trinajstić information content (AvgIpc) is 2.52. The van der Waals surface area contributed by atoms with Crippen LogP contribution in [0.3, 0.4) is 0 Å². The predicted molar refractivity (Wildman–Crippen MR) is 76.6 cm³/mol. The van der Waals surface area contributed by atoms with Crippen molar-refractivity contribution >= 4 is 6.03 Å². The Bertz CT molecular complexity index is 476. The van der Waals surface area contributed by atoms with Gasteiger partial charge in [-0.25, -0.2) is 9.18 Å². The normalized spacial score (nSPS) is 17.2. The second kappa shape index (κ2) is 7.38. The largest absolute Gasteiger partial charge is 0.395 e. The molecular weight excluding hydrogens is 275 g/mol. The zero-order valence-corrected chi connectivity index (χ0v) is 11.9. The Morgan fingerprint density at radius 2 is 2.10 bits per heavy atom. The SMILES string of the molecule is O=C(NCCO)NCC1(c2cccc(F)c2)CCOCC1. The van der Waals surface area contributed by atoms with E-state index in [1.54, 1.807) is 6.07 Å². The number of halogens is 1. The lowest BCUT2D eigenvalue weighted by atomic mass is 9.74. The maximum atomic E-state index is 13.5. The fourth-order valence-electron chi connectivity index (χ4n) is 2.63. The number of benzene rings is 1. The van der Waals surface area contributed by atoms with Gasteiger partial charge in [0.15, 0.2) is 0 Å². The van der Waals surface area contributed by atoms with Crippen LogP contribution in [0.5, 0.6) is 0 Å². The van der Waals surface area contributed by atoms with Gasteiger partial charge in [0.1, 0.15) is 5.82 Å². The number of urea groups is 1. The van der Waals surface area contributed by atoms with Crippen LogP contribution >= 0.6 is 0 Å². The summed E-state index contributed by atoms with van der Waals surface area (Å²) in [5, 5.41) is 14.0. The summed E-state index contributed by atoms with van der Waals surface area (Å²) in [4.78, 5) is 11.6. The fraction of sp³-hybridized carbons (Fsp3) is 0.533. The number of aliphatic hydroxyl groups excluding tert-OH is 1. The van der Waals surface area contributed by atoms with E-state index in [1.165, 1.54) is 12.1 Å². The summed E-state index contributed by atoms with van der Waals surface area (Å²) in [6.45, 7) is 1.71. The van der Waals surface area contributed by atoms with E-state index in [4.69, 9.17) is 9.84 Å². The van der Waals surface area contributed by atoms with Crippen LogP contribution in [0.15, 0.2) is 24.3 Å². The number of aliphatic hydroxyl groups is 1. The third-order valence-electron chi connectivity index (χ3n) is 3.87. The Kier molecular flexibility index (Phi) is 5.52. The summed E-state index contributed by atoms with van der Waals surface area (Å²) in [6.07, 6.45) is 1.47. The first-order chi connectivity index (χ1) is 10.2. The van der Waals surface area contributed by atoms with Gasteiger partial charge in [0.25, 0.3) is 0 Å². The van der Waals surface area contributed by atoms with Crippen LogP contribution in [0.25, 0.3) is 0 Å². The van der Waals surface area contributed by atoms with E-state index >= 15 is 0 Å². The van der Waals surface area contributed by atoms with E-state index in [0.29, 0.717) is 19.8 Å². The van der Waals surface area contributed by atoms with Gasteiger partial charge in [-0.05, 0) is 30.5 Å². The third-order valence-corrected chi connectivity index (χ3v) is 3.87. The molecule has 0 atom stereocenters. The summed E-state index contributed by atoms with van der Waals surface area (Å²) in [5.74, 6) is -0.275. The summed E-state index contributed by atoms with van der Waals surface area (Å²) >= 11 is 0. The van der Waals surface area contributed by atoms with Crippen molar-refractivity contribution in [1.82, 2.24) is 10.6 Å². The third kappa shape index (κ3) is 4.15. The standard InChI is InChI=1S/C15H21FN2O3/c16-13-3-1-2-12(10-13)15(4-8-21-9-5-15)11-18-14(20)17-6-7-19/h1-3,10,19H,4-9,11H2,(H2,17,18,20). The van der Waals surface area contributed by atoms with Crippen molar-refractivity contribution in [1.29, 1.82) is 0 Å². The van der Waals surface area contributed by atoms with Crippen molar-refractivity contribution in [3.63, 3.8) is 0 Å². The lowest BCUT2D eigenvalue weighted by molar-refractivity contribution is 0.0506. The van der Waals surface area contributed by atoms with Gasteiger partial charge in [-0.3, -0.25) is 0 Å². The molecule has 6 heteroatoms. The zero-order chi connectivity index (χ0) is 15.1. The molecule has 3 N–H and O–H groups in total. The van der Waals surface area contributed by atoms with Gasteiger partial charge < -0.3 is 20.5 Å². The monoisotopic (exact) mass is 296 g/mol. The van der Waals surface area contributed by atoms with Crippen LogP contribution in [-0.4, -0.2) is 44.0 Å². The van der Waals surface area contributed by atoms with Crippen molar-refractivity contribution in [3.05, 3.63) is 35.6 Å². The number of hydrogen-bond donors (Lipinski definition) is 3. The maximum Gasteiger partial charge on any atom is 0.314 e. The summed E-state index contributed by atoms with van der Waals surface area (Å²) in [7, 11) is 0. The Hall–Kier alpha value is -1.66. The number of hydrogen-bond acceptors (Lipinski definition) is 3. The summed E-state index contributed by atoms with van der Waals surface area (Å²) in [6, 6.07) is 6.19. The fourth-order valence-corrected chi connectivity index (χ4v) is 2.63. The van der Waals surface area contributed by atoms with Gasteiger partial charge >= 0.3 is 6.03 Å². The highest BCUT2D eigenvalue weighted by molar-refractivity contribution is 5.73. The topological polar surface area (TPSA) is 70.6 Å². The van der Waals surface area contributed by atoms with Gasteiger partial charge in [-0.15, -0.1) is 0 Å². The Morgan fingerprint density at radius 1 is 1.33 bits per heavy atom. The Morgan fingerprint density at radius 3 is 2.76 bits per heavy atom. The molecule has 2 amide bonds. The number of carbonyl (C=O) groups excluding carboxylic acids is 1. The second-order valence-corrected chi connectivity index (χ2v) is 5.24. The minimum absolute atomic E-state index is 0.101. The molecule has 2 rings (SSSR count). The van der Waals surface area contributed by atoms with E-state index in [9.17, 15) is 9.18 Å². The molecule has 1 aromatic carbocycles. The highest BCUT2D eigenvalue weighted by atomic mass is 19.1. The molecule has 1 heterocycles. The zero-order valence-electron chi connectivity index (χ0n) is 11.9. The summed E-state index contributed by atoms with van der Waals surface area (Å²) in [5.41, 5.74) is 0.574. The number of ether oxygens (including phenoxy) is 1. The molecule has 116 valence electrons. The van der Waals surface area contributed by atoms with Crippen molar-refractivity contribution in [2.75, 3.05) is 32.9 Å². The summed E-state index contributed by atoms with van der Waals surface area (Å²) < 4.78 is 18.9. The van der Waals surface area contributed by atoms with Crippen LogP contribution in [0.2, 0.25) is 0 Å². The Balaban J connectivity index is 2.08. The highest BCUT2D eigenvalue weighted by Gasteiger charge is 2.35. The van der Waals surface area contributed by atoms with Crippen LogP contribution in [0.1, 0.15) is 18.4 Å². The smallest absolute Gasteiger partial charge is 0.314 e. The average molecular weight is 296 g/mol. The van der Waals surface area contributed by atoms with E-state index < -0.39 is 0 Å². The van der Waals surface area contributed by atoms with E-state index in [1.807, 2.05) is 6.07 Å². The predicted octanol–water partition coefficient (Wildman–Crippen LogP) is 1.17. The molecule has 1 aromatic rings. The molecule has 5 nitrogen and oxygen atoms in total. The number of carbonyl (C=O) groups is 1. The molecule has 0 spiro atoms. The number of nitrogens with one attached hydrogen (secondary N) is 2. The molecule has 1 aliphatic rings. The van der Waals surface area contributed by atoms with E-state index in [0.717, 1.165) is 18.4 Å². The van der Waals surface area contributed by atoms with Crippen LogP contribution in [0, 0.1) is 5.82 Å². The second-order valence-electron chi connectivity index (χ2n) is 5.24.